The van der Waals surface area contributed by atoms with E-state index in [4.69, 9.17) is 0 Å². The van der Waals surface area contributed by atoms with E-state index in [0.717, 1.165) is 9.56 Å². The zero-order valence-electron chi connectivity index (χ0n) is 7.76. The Morgan fingerprint density at radius 2 is 1.50 bits per heavy atom. The summed E-state index contributed by atoms with van der Waals surface area (Å²) >= 11 is -0.811. The van der Waals surface area contributed by atoms with Crippen molar-refractivity contribution < 1.29 is 0 Å². The molecule has 0 bridgehead atoms. The van der Waals surface area contributed by atoms with Gasteiger partial charge in [-0.2, -0.15) is 0 Å². The van der Waals surface area contributed by atoms with Crippen LogP contribution >= 0.6 is 0 Å². The summed E-state index contributed by atoms with van der Waals surface area (Å²) in [5.41, 5.74) is 0. The molecule has 1 nitrogen and oxygen atoms in total. The van der Waals surface area contributed by atoms with Gasteiger partial charge < -0.3 is 3.98 Å². The van der Waals surface area contributed by atoms with Crippen LogP contribution in [0.2, 0.25) is 9.56 Å². The van der Waals surface area contributed by atoms with Gasteiger partial charge in [0.2, 0.25) is 0 Å². The van der Waals surface area contributed by atoms with E-state index in [0.29, 0.717) is 0 Å². The molecule has 10 heavy (non-hydrogen) atoms. The first-order valence-corrected chi connectivity index (χ1v) is 5.92. The lowest BCUT2D eigenvalue weighted by Gasteiger charge is -2.12. The Kier molecular flexibility index (Phi) is 5.03. The highest BCUT2D eigenvalue weighted by molar-refractivity contribution is 6.60. The minimum absolute atomic E-state index is 0.802. The average Bonchev–Trinajstić information content (AvgIpc) is 1.81. The summed E-state index contributed by atoms with van der Waals surface area (Å²) in [4.78, 5) is 0. The summed E-state index contributed by atoms with van der Waals surface area (Å²) in [6.45, 7) is 11.1. The van der Waals surface area contributed by atoms with E-state index in [1.54, 1.807) is 0 Å². The first kappa shape index (κ1) is 10.2. The lowest BCUT2D eigenvalue weighted by Crippen LogP contribution is -2.18. The first-order valence-electron chi connectivity index (χ1n) is 4.07. The van der Waals surface area contributed by atoms with E-state index in [-0.39, 0.29) is 0 Å². The maximum Gasteiger partial charge on any atom is 0.440 e. The van der Waals surface area contributed by atoms with E-state index in [1.165, 1.54) is 0 Å². The van der Waals surface area contributed by atoms with Crippen LogP contribution in [-0.4, -0.2) is 20.6 Å². The third-order valence-electron chi connectivity index (χ3n) is 1.69. The molecular formula is C8H18AlN. The molecule has 0 saturated carbocycles. The molecule has 0 radical (unpaired) electrons. The summed E-state index contributed by atoms with van der Waals surface area (Å²) in [7, 11) is 0. The van der Waals surface area contributed by atoms with Gasteiger partial charge in [0.05, 0.1) is 0 Å². The average molecular weight is 155 g/mol. The van der Waals surface area contributed by atoms with Gasteiger partial charge in [-0.3, -0.25) is 0 Å². The number of rotatable bonds is 3. The van der Waals surface area contributed by atoms with Crippen LogP contribution in [0.1, 0.15) is 34.6 Å². The molecule has 0 heterocycles. The third kappa shape index (κ3) is 3.39. The Labute approximate surface area is 69.2 Å². The zero-order chi connectivity index (χ0) is 8.15. The van der Waals surface area contributed by atoms with Crippen LogP contribution in [0.4, 0.5) is 0 Å². The number of hydrogen-bond donors (Lipinski definition) is 0. The van der Waals surface area contributed by atoms with E-state index in [9.17, 15) is 0 Å². The summed E-state index contributed by atoms with van der Waals surface area (Å²) in [5, 5.41) is 0. The fourth-order valence-electron chi connectivity index (χ4n) is 1.29. The van der Waals surface area contributed by atoms with Crippen LogP contribution in [0.3, 0.4) is 0 Å². The molecule has 0 aromatic rings. The van der Waals surface area contributed by atoms with Crippen molar-refractivity contribution >= 4 is 20.6 Å². The monoisotopic (exact) mass is 155 g/mol. The van der Waals surface area contributed by atoms with Crippen molar-refractivity contribution in [2.45, 2.75) is 44.2 Å². The second kappa shape index (κ2) is 4.93. The second-order valence-electron chi connectivity index (χ2n) is 3.39. The van der Waals surface area contributed by atoms with Crippen molar-refractivity contribution in [2.75, 3.05) is 0 Å². The first-order chi connectivity index (χ1) is 4.59. The molecule has 0 aromatic heterocycles. The van der Waals surface area contributed by atoms with Crippen molar-refractivity contribution in [3.63, 3.8) is 0 Å². The second-order valence-corrected chi connectivity index (χ2v) is 7.33. The quantitative estimate of drug-likeness (QED) is 0.439. The molecule has 0 atom stereocenters. The minimum atomic E-state index is -0.811. The zero-order valence-corrected chi connectivity index (χ0v) is 8.91. The molecular weight excluding hydrogens is 137 g/mol. The van der Waals surface area contributed by atoms with Gasteiger partial charge in [-0.05, 0) is 13.1 Å². The van der Waals surface area contributed by atoms with Crippen molar-refractivity contribution in [2.24, 2.45) is 3.98 Å². The molecule has 0 N–H and O–H groups in total. The van der Waals surface area contributed by atoms with Crippen LogP contribution in [0.25, 0.3) is 0 Å². The van der Waals surface area contributed by atoms with Gasteiger partial charge in [-0.25, -0.2) is 0 Å². The SMILES string of the molecule is C/C=[N]/[Al]([CH](C)C)[CH](C)C. The fourth-order valence-corrected chi connectivity index (χ4v) is 3.86. The summed E-state index contributed by atoms with van der Waals surface area (Å²) in [5.74, 6) is 0. The Hall–Kier alpha value is 0.202. The molecule has 0 unspecified atom stereocenters. The molecule has 0 aliphatic rings. The van der Waals surface area contributed by atoms with E-state index in [2.05, 4.69) is 31.7 Å². The van der Waals surface area contributed by atoms with Gasteiger partial charge >= 0.3 is 14.4 Å². The fraction of sp³-hybridized carbons (Fsp3) is 0.875. The molecule has 0 saturated heterocycles. The topological polar surface area (TPSA) is 12.4 Å². The highest BCUT2D eigenvalue weighted by atomic mass is 27.2. The normalized spacial score (nSPS) is 11.9. The van der Waals surface area contributed by atoms with E-state index < -0.39 is 14.4 Å². The van der Waals surface area contributed by atoms with Gasteiger partial charge in [-0.1, -0.05) is 37.3 Å². The lowest BCUT2D eigenvalue weighted by molar-refractivity contribution is 0.932. The molecule has 0 fully saturated rings. The maximum atomic E-state index is 4.54. The molecule has 2 heteroatoms. The molecule has 0 aromatic carbocycles. The largest absolute Gasteiger partial charge is 0.440 e. The van der Waals surface area contributed by atoms with Gasteiger partial charge in [0.15, 0.2) is 0 Å². The third-order valence-corrected chi connectivity index (χ3v) is 5.06. The van der Waals surface area contributed by atoms with Crippen molar-refractivity contribution in [1.29, 1.82) is 0 Å². The number of hydrogen-bond acceptors (Lipinski definition) is 1. The van der Waals surface area contributed by atoms with Crippen LogP contribution in [-0.2, 0) is 0 Å². The van der Waals surface area contributed by atoms with Crippen molar-refractivity contribution in [1.82, 2.24) is 0 Å². The van der Waals surface area contributed by atoms with Gasteiger partial charge in [0.1, 0.15) is 0 Å². The molecule has 0 rings (SSSR count). The molecule has 0 spiro atoms. The van der Waals surface area contributed by atoms with Crippen LogP contribution < -0.4 is 0 Å². The summed E-state index contributed by atoms with van der Waals surface area (Å²) < 4.78 is 6.14. The van der Waals surface area contributed by atoms with E-state index >= 15 is 0 Å². The predicted octanol–water partition coefficient (Wildman–Crippen LogP) is 2.89. The van der Waals surface area contributed by atoms with Crippen molar-refractivity contribution in [3.8, 4) is 0 Å². The Morgan fingerprint density at radius 1 is 1.10 bits per heavy atom. The Morgan fingerprint density at radius 3 is 1.60 bits per heavy atom. The Bertz CT molecular complexity index is 99.8. The summed E-state index contributed by atoms with van der Waals surface area (Å²) in [6.07, 6.45) is 1.97. The highest BCUT2D eigenvalue weighted by Gasteiger charge is 2.25. The van der Waals surface area contributed by atoms with Crippen LogP contribution in [0, 0.1) is 0 Å². The van der Waals surface area contributed by atoms with Crippen LogP contribution in [0.15, 0.2) is 3.98 Å². The smallest absolute Gasteiger partial charge is 0.408 e. The van der Waals surface area contributed by atoms with Gasteiger partial charge in [0, 0.05) is 0 Å². The summed E-state index contributed by atoms with van der Waals surface area (Å²) in [6, 6.07) is 0. The molecule has 0 aliphatic carbocycles. The van der Waals surface area contributed by atoms with Gasteiger partial charge in [-0.15, -0.1) is 0 Å². The predicted molar refractivity (Wildman–Crippen MR) is 50.1 cm³/mol. The standard InChI is InChI=1S/2C3H7.C2H4N.Al/c2*1-3-2;1-2-3;/h2*3H,1-2H3;2H,1H3;/q;;-1;+1. The van der Waals surface area contributed by atoms with Crippen molar-refractivity contribution in [3.05, 3.63) is 0 Å². The lowest BCUT2D eigenvalue weighted by atomic mass is 10.5. The maximum absolute atomic E-state index is 4.54. The van der Waals surface area contributed by atoms with Gasteiger partial charge in [0.25, 0.3) is 0 Å². The Balaban J connectivity index is 3.98. The molecule has 58 valence electrons. The minimum Gasteiger partial charge on any atom is -0.408 e. The molecule has 0 aliphatic heterocycles. The highest BCUT2D eigenvalue weighted by Crippen LogP contribution is 2.20. The van der Waals surface area contributed by atoms with E-state index in [1.807, 2.05) is 13.1 Å². The molecule has 0 amide bonds. The number of nitrogens with zero attached hydrogens (tertiary/aromatic N) is 1. The van der Waals surface area contributed by atoms with Crippen LogP contribution in [0.5, 0.6) is 0 Å².